The van der Waals surface area contributed by atoms with Gasteiger partial charge in [-0.2, -0.15) is 0 Å². The second-order valence-corrected chi connectivity index (χ2v) is 14.3. The van der Waals surface area contributed by atoms with Gasteiger partial charge < -0.3 is 26.0 Å². The Kier molecular flexibility index (Phi) is 9.59. The fourth-order valence-electron chi connectivity index (χ4n) is 7.98. The third-order valence-electron chi connectivity index (χ3n) is 10.5. The lowest BCUT2D eigenvalue weighted by atomic mass is 9.52. The molecule has 1 aliphatic carbocycles. The number of carbonyl (C=O) groups excluding carboxylic acids is 4. The van der Waals surface area contributed by atoms with Gasteiger partial charge >= 0.3 is 0 Å². The number of carbonyl (C=O) groups is 4. The van der Waals surface area contributed by atoms with Gasteiger partial charge in [0.2, 0.25) is 23.6 Å². The average Bonchev–Trinajstić information content (AvgIpc) is 3.60. The minimum atomic E-state index is -1.47. The molecule has 1 aromatic rings. The second-order valence-electron chi connectivity index (χ2n) is 14.3. The molecule has 244 valence electrons. The van der Waals surface area contributed by atoms with E-state index in [1.807, 2.05) is 82.3 Å². The van der Waals surface area contributed by atoms with E-state index in [-0.39, 0.29) is 47.6 Å². The summed E-state index contributed by atoms with van der Waals surface area (Å²) >= 11 is 0. The van der Waals surface area contributed by atoms with Crippen molar-refractivity contribution in [3.8, 4) is 0 Å². The zero-order valence-corrected chi connectivity index (χ0v) is 27.5. The predicted octanol–water partition coefficient (Wildman–Crippen LogP) is 3.45. The van der Waals surface area contributed by atoms with Gasteiger partial charge in [0.05, 0.1) is 11.7 Å². The van der Waals surface area contributed by atoms with Crippen molar-refractivity contribution in [2.75, 3.05) is 6.54 Å². The first-order chi connectivity index (χ1) is 21.4. The van der Waals surface area contributed by atoms with Crippen molar-refractivity contribution in [1.82, 2.24) is 21.3 Å². The van der Waals surface area contributed by atoms with Crippen LogP contribution in [0.5, 0.6) is 0 Å². The van der Waals surface area contributed by atoms with E-state index in [1.165, 1.54) is 0 Å². The Labute approximate surface area is 267 Å². The highest BCUT2D eigenvalue weighted by Crippen LogP contribution is 2.65. The van der Waals surface area contributed by atoms with Gasteiger partial charge in [0.1, 0.15) is 17.5 Å². The maximum atomic E-state index is 14.9. The molecule has 2 saturated heterocycles. The molecule has 1 spiro atoms. The predicted molar refractivity (Wildman–Crippen MR) is 173 cm³/mol. The van der Waals surface area contributed by atoms with Gasteiger partial charge in [-0.1, -0.05) is 89.3 Å². The molecule has 4 N–H and O–H groups in total. The third kappa shape index (κ3) is 6.20. The van der Waals surface area contributed by atoms with Gasteiger partial charge in [-0.15, -0.1) is 0 Å². The molecule has 9 nitrogen and oxygen atoms in total. The molecule has 9 heteroatoms. The summed E-state index contributed by atoms with van der Waals surface area (Å²) in [5.41, 5.74) is -0.857. The van der Waals surface area contributed by atoms with Crippen LogP contribution in [0.1, 0.15) is 66.4 Å². The molecule has 3 heterocycles. The summed E-state index contributed by atoms with van der Waals surface area (Å²) in [6.45, 7) is 12.3. The van der Waals surface area contributed by atoms with Crippen molar-refractivity contribution in [3.05, 3.63) is 60.2 Å². The number of hydrogen-bond donors (Lipinski definition) is 4. The maximum Gasteiger partial charge on any atom is 0.243 e. The lowest BCUT2D eigenvalue weighted by Crippen LogP contribution is -2.64. The number of epoxide rings is 1. The van der Waals surface area contributed by atoms with Gasteiger partial charge in [0.25, 0.3) is 0 Å². The molecule has 45 heavy (non-hydrogen) atoms. The van der Waals surface area contributed by atoms with Gasteiger partial charge in [-0.25, -0.2) is 0 Å². The first-order valence-electron chi connectivity index (χ1n) is 16.6. The van der Waals surface area contributed by atoms with Crippen molar-refractivity contribution >= 4 is 23.6 Å². The van der Waals surface area contributed by atoms with E-state index in [4.69, 9.17) is 4.74 Å². The molecule has 3 aliphatic heterocycles. The molecule has 4 aliphatic rings. The number of allylic oxidation sites excluding steroid dienone is 2. The second kappa shape index (κ2) is 13.1. The Bertz CT molecular complexity index is 1340. The van der Waals surface area contributed by atoms with E-state index in [2.05, 4.69) is 35.1 Å². The van der Waals surface area contributed by atoms with Crippen LogP contribution in [0.4, 0.5) is 0 Å². The van der Waals surface area contributed by atoms with E-state index < -0.39 is 40.8 Å². The molecule has 1 saturated carbocycles. The zero-order chi connectivity index (χ0) is 32.5. The van der Waals surface area contributed by atoms with E-state index in [0.29, 0.717) is 25.8 Å². The number of amides is 4. The lowest BCUT2D eigenvalue weighted by Gasteiger charge is -2.46. The summed E-state index contributed by atoms with van der Waals surface area (Å²) in [6.07, 6.45) is 10.2. The number of nitrogens with one attached hydrogen (secondary N) is 4. The van der Waals surface area contributed by atoms with Crippen molar-refractivity contribution in [3.63, 3.8) is 0 Å². The highest BCUT2D eigenvalue weighted by Gasteiger charge is 2.78. The monoisotopic (exact) mass is 618 g/mol. The van der Waals surface area contributed by atoms with Crippen LogP contribution in [0.15, 0.2) is 54.6 Å². The molecule has 5 rings (SSSR count). The van der Waals surface area contributed by atoms with Crippen LogP contribution >= 0.6 is 0 Å². The van der Waals surface area contributed by atoms with E-state index >= 15 is 0 Å². The molecule has 0 radical (unpaired) electrons. The number of ether oxygens (including phenoxy) is 1. The largest absolute Gasteiger partial charge is 0.365 e. The van der Waals surface area contributed by atoms with Crippen molar-refractivity contribution in [2.24, 2.45) is 35.0 Å². The average molecular weight is 619 g/mol. The summed E-state index contributed by atoms with van der Waals surface area (Å²) < 4.78 is 6.40. The summed E-state index contributed by atoms with van der Waals surface area (Å²) in [4.78, 5) is 56.3. The quantitative estimate of drug-likeness (QED) is 0.228. The first-order valence-corrected chi connectivity index (χ1v) is 16.6. The van der Waals surface area contributed by atoms with Crippen LogP contribution in [0.2, 0.25) is 0 Å². The SMILES string of the molecule is CC(C)C[C@@H]1NC(=O)[C@H](C(C)C)NC(=O)[C@@]23C(=O)N[C@@H](Cc4ccccc4)C2[C@H](C)[C@@]2(C)O[C@H]2C3/C=C/CC/C=C/CNC1=O. The first kappa shape index (κ1) is 32.9. The molecule has 1 aromatic carbocycles. The van der Waals surface area contributed by atoms with Gasteiger partial charge in [-0.05, 0) is 55.9 Å². The van der Waals surface area contributed by atoms with E-state index in [9.17, 15) is 19.2 Å². The normalized spacial score (nSPS) is 38.5. The highest BCUT2D eigenvalue weighted by atomic mass is 16.6. The van der Waals surface area contributed by atoms with E-state index in [1.54, 1.807) is 0 Å². The number of hydrogen-bond acceptors (Lipinski definition) is 5. The van der Waals surface area contributed by atoms with Crippen LogP contribution in [0.3, 0.4) is 0 Å². The molecule has 0 bridgehead atoms. The maximum absolute atomic E-state index is 14.9. The zero-order valence-electron chi connectivity index (χ0n) is 27.5. The number of rotatable bonds is 5. The van der Waals surface area contributed by atoms with Crippen LogP contribution in [0, 0.1) is 35.0 Å². The standard InChI is InChI=1S/C36H50N4O5/c1-21(2)19-27-31(41)37-18-14-9-7-8-13-17-25-30-35(6,45-30)23(5)28-26(20-24-15-11-10-12-16-24)39-33(43)36(25,28)34(44)40-29(22(3)4)32(42)38-27/h9-17,21-23,25-30H,7-8,18-20H2,1-6H3,(H,37,41)(H,38,42)(H,39,43)(H,40,44)/b14-9+,17-13+/t23-,25?,26-,27-,28?,29-,30-,35+,36+/m0/s1. The van der Waals surface area contributed by atoms with Crippen LogP contribution in [-0.2, 0) is 30.3 Å². The molecule has 3 fully saturated rings. The van der Waals surface area contributed by atoms with Crippen molar-refractivity contribution < 1.29 is 23.9 Å². The summed E-state index contributed by atoms with van der Waals surface area (Å²) in [5.74, 6) is -2.59. The van der Waals surface area contributed by atoms with Crippen LogP contribution in [0.25, 0.3) is 0 Å². The molecule has 4 amide bonds. The Morgan fingerprint density at radius 3 is 2.27 bits per heavy atom. The van der Waals surface area contributed by atoms with Crippen LogP contribution in [-0.4, -0.2) is 60.0 Å². The fraction of sp³-hybridized carbons (Fsp3) is 0.611. The van der Waals surface area contributed by atoms with E-state index in [0.717, 1.165) is 12.0 Å². The number of fused-ring (bicyclic) bond motifs is 2. The summed E-state index contributed by atoms with van der Waals surface area (Å²) in [7, 11) is 0. The van der Waals surface area contributed by atoms with Crippen molar-refractivity contribution in [2.45, 2.75) is 97.1 Å². The number of benzene rings is 1. The molecular weight excluding hydrogens is 568 g/mol. The fourth-order valence-corrected chi connectivity index (χ4v) is 7.98. The van der Waals surface area contributed by atoms with Crippen molar-refractivity contribution in [1.29, 1.82) is 0 Å². The Morgan fingerprint density at radius 2 is 1.58 bits per heavy atom. The topological polar surface area (TPSA) is 129 Å². The molecule has 0 aromatic heterocycles. The molecular formula is C36H50N4O5. The highest BCUT2D eigenvalue weighted by molar-refractivity contribution is 6.09. The van der Waals surface area contributed by atoms with Gasteiger partial charge in [0, 0.05) is 24.4 Å². The Morgan fingerprint density at radius 1 is 0.889 bits per heavy atom. The minimum absolute atomic E-state index is 0.104. The summed E-state index contributed by atoms with van der Waals surface area (Å²) in [5, 5.41) is 12.1. The Balaban J connectivity index is 1.57. The Hall–Kier alpha value is -3.46. The minimum Gasteiger partial charge on any atom is -0.365 e. The van der Waals surface area contributed by atoms with Gasteiger partial charge in [-0.3, -0.25) is 19.2 Å². The van der Waals surface area contributed by atoms with Crippen LogP contribution < -0.4 is 21.3 Å². The third-order valence-corrected chi connectivity index (χ3v) is 10.5. The molecule has 2 unspecified atom stereocenters. The molecule has 9 atom stereocenters. The smallest absolute Gasteiger partial charge is 0.243 e. The lowest BCUT2D eigenvalue weighted by molar-refractivity contribution is -0.152. The van der Waals surface area contributed by atoms with Gasteiger partial charge in [0.15, 0.2) is 0 Å². The summed E-state index contributed by atoms with van der Waals surface area (Å²) in [6, 6.07) is 8.02.